The van der Waals surface area contributed by atoms with Gasteiger partial charge in [-0.2, -0.15) is 5.26 Å². The SMILES string of the molecule is C=Cc1ccc(C#N)cc1/C=C(\C)C(=O)OCCO. The first-order valence-electron chi connectivity index (χ1n) is 5.75. The summed E-state index contributed by atoms with van der Waals surface area (Å²) in [7, 11) is 0. The number of nitrogens with zero attached hydrogens (tertiary/aromatic N) is 1. The summed E-state index contributed by atoms with van der Waals surface area (Å²) < 4.78 is 4.81. The molecule has 0 saturated carbocycles. The lowest BCUT2D eigenvalue weighted by Gasteiger charge is -2.05. The number of esters is 1. The van der Waals surface area contributed by atoms with Gasteiger partial charge in [-0.05, 0) is 36.3 Å². The number of aliphatic hydroxyl groups excluding tert-OH is 1. The van der Waals surface area contributed by atoms with Gasteiger partial charge in [-0.25, -0.2) is 4.79 Å². The number of hydrogen-bond donors (Lipinski definition) is 1. The molecule has 0 unspecified atom stereocenters. The van der Waals surface area contributed by atoms with E-state index in [0.717, 1.165) is 11.1 Å². The van der Waals surface area contributed by atoms with Crippen LogP contribution in [-0.2, 0) is 9.53 Å². The van der Waals surface area contributed by atoms with E-state index < -0.39 is 5.97 Å². The van der Waals surface area contributed by atoms with Crippen molar-refractivity contribution in [2.45, 2.75) is 6.92 Å². The molecule has 0 amide bonds. The van der Waals surface area contributed by atoms with Crippen molar-refractivity contribution < 1.29 is 14.6 Å². The number of benzene rings is 1. The fraction of sp³-hybridized carbons (Fsp3) is 0.200. The fourth-order valence-electron chi connectivity index (χ4n) is 1.50. The molecule has 1 N–H and O–H groups in total. The zero-order valence-electron chi connectivity index (χ0n) is 10.7. The van der Waals surface area contributed by atoms with Crippen molar-refractivity contribution in [3.8, 4) is 6.07 Å². The van der Waals surface area contributed by atoms with Crippen LogP contribution in [0.4, 0.5) is 0 Å². The zero-order valence-corrected chi connectivity index (χ0v) is 10.7. The Kier molecular flexibility index (Phi) is 5.52. The molecule has 0 aliphatic rings. The van der Waals surface area contributed by atoms with Crippen LogP contribution in [0, 0.1) is 11.3 Å². The Morgan fingerprint density at radius 1 is 1.53 bits per heavy atom. The van der Waals surface area contributed by atoms with Gasteiger partial charge in [-0.3, -0.25) is 0 Å². The molecule has 98 valence electrons. The summed E-state index contributed by atoms with van der Waals surface area (Å²) in [6, 6.07) is 7.18. The maximum Gasteiger partial charge on any atom is 0.333 e. The maximum absolute atomic E-state index is 11.6. The average Bonchev–Trinajstić information content (AvgIpc) is 2.44. The third-order valence-corrected chi connectivity index (χ3v) is 2.45. The number of hydrogen-bond acceptors (Lipinski definition) is 4. The van der Waals surface area contributed by atoms with Crippen LogP contribution >= 0.6 is 0 Å². The van der Waals surface area contributed by atoms with Crippen molar-refractivity contribution in [3.05, 3.63) is 47.0 Å². The Bertz CT molecular complexity index is 553. The molecule has 1 aromatic rings. The summed E-state index contributed by atoms with van der Waals surface area (Å²) >= 11 is 0. The monoisotopic (exact) mass is 257 g/mol. The third kappa shape index (κ3) is 4.09. The number of nitriles is 1. The predicted octanol–water partition coefficient (Wildman–Crippen LogP) is 2.14. The molecule has 0 saturated heterocycles. The van der Waals surface area contributed by atoms with Gasteiger partial charge in [0, 0.05) is 5.57 Å². The average molecular weight is 257 g/mol. The molecule has 1 aromatic carbocycles. The molecule has 0 aliphatic carbocycles. The van der Waals surface area contributed by atoms with E-state index >= 15 is 0 Å². The summed E-state index contributed by atoms with van der Waals surface area (Å²) in [5, 5.41) is 17.5. The van der Waals surface area contributed by atoms with Gasteiger partial charge in [0.2, 0.25) is 0 Å². The Hall–Kier alpha value is -2.38. The molecular weight excluding hydrogens is 242 g/mol. The van der Waals surface area contributed by atoms with Gasteiger partial charge < -0.3 is 9.84 Å². The Labute approximate surface area is 112 Å². The van der Waals surface area contributed by atoms with Gasteiger partial charge in [0.05, 0.1) is 18.2 Å². The van der Waals surface area contributed by atoms with Crippen LogP contribution in [0.5, 0.6) is 0 Å². The van der Waals surface area contributed by atoms with Crippen LogP contribution in [0.2, 0.25) is 0 Å². The second kappa shape index (κ2) is 7.14. The van der Waals surface area contributed by atoms with Gasteiger partial charge in [0.15, 0.2) is 0 Å². The lowest BCUT2D eigenvalue weighted by molar-refractivity contribution is -0.139. The molecule has 0 bridgehead atoms. The lowest BCUT2D eigenvalue weighted by Crippen LogP contribution is -2.09. The molecule has 0 aromatic heterocycles. The van der Waals surface area contributed by atoms with Gasteiger partial charge in [0.1, 0.15) is 6.61 Å². The van der Waals surface area contributed by atoms with E-state index in [0.29, 0.717) is 11.1 Å². The molecular formula is C15H15NO3. The lowest BCUT2D eigenvalue weighted by atomic mass is 10.0. The molecule has 0 aliphatic heterocycles. The topological polar surface area (TPSA) is 70.3 Å². The highest BCUT2D eigenvalue weighted by Crippen LogP contribution is 2.17. The van der Waals surface area contributed by atoms with Crippen LogP contribution in [0.15, 0.2) is 30.4 Å². The van der Waals surface area contributed by atoms with E-state index in [-0.39, 0.29) is 13.2 Å². The first-order chi connectivity index (χ1) is 9.12. The van der Waals surface area contributed by atoms with E-state index in [9.17, 15) is 4.79 Å². The first-order valence-corrected chi connectivity index (χ1v) is 5.75. The Balaban J connectivity index is 3.05. The first kappa shape index (κ1) is 14.7. The number of carbonyl (C=O) groups is 1. The molecule has 1 rings (SSSR count). The number of ether oxygens (including phenoxy) is 1. The molecule has 0 fully saturated rings. The number of aliphatic hydroxyl groups is 1. The predicted molar refractivity (Wildman–Crippen MR) is 72.9 cm³/mol. The van der Waals surface area contributed by atoms with Crippen LogP contribution < -0.4 is 0 Å². The highest BCUT2D eigenvalue weighted by molar-refractivity contribution is 5.93. The zero-order chi connectivity index (χ0) is 14.3. The summed E-state index contributed by atoms with van der Waals surface area (Å²) in [4.78, 5) is 11.6. The normalized spacial score (nSPS) is 10.7. The van der Waals surface area contributed by atoms with Gasteiger partial charge >= 0.3 is 5.97 Å². The molecule has 0 atom stereocenters. The minimum atomic E-state index is -0.494. The highest BCUT2D eigenvalue weighted by atomic mass is 16.5. The van der Waals surface area contributed by atoms with Crippen LogP contribution in [0.25, 0.3) is 12.2 Å². The smallest absolute Gasteiger partial charge is 0.333 e. The number of carbonyl (C=O) groups excluding carboxylic acids is 1. The number of rotatable bonds is 5. The van der Waals surface area contributed by atoms with E-state index in [4.69, 9.17) is 15.1 Å². The minimum Gasteiger partial charge on any atom is -0.460 e. The quantitative estimate of drug-likeness (QED) is 0.648. The Morgan fingerprint density at radius 3 is 2.84 bits per heavy atom. The maximum atomic E-state index is 11.6. The summed E-state index contributed by atoms with van der Waals surface area (Å²) in [5.41, 5.74) is 2.46. The third-order valence-electron chi connectivity index (χ3n) is 2.45. The molecule has 19 heavy (non-hydrogen) atoms. The minimum absolute atomic E-state index is 0.0312. The second-order valence-electron chi connectivity index (χ2n) is 3.85. The molecule has 0 spiro atoms. The van der Waals surface area contributed by atoms with Crippen LogP contribution in [-0.4, -0.2) is 24.3 Å². The highest BCUT2D eigenvalue weighted by Gasteiger charge is 2.07. The van der Waals surface area contributed by atoms with Gasteiger partial charge in [-0.1, -0.05) is 18.7 Å². The van der Waals surface area contributed by atoms with Gasteiger partial charge in [0.25, 0.3) is 0 Å². The van der Waals surface area contributed by atoms with Crippen molar-refractivity contribution >= 4 is 18.1 Å². The van der Waals surface area contributed by atoms with Crippen molar-refractivity contribution in [3.63, 3.8) is 0 Å². The van der Waals surface area contributed by atoms with E-state index in [1.54, 1.807) is 37.3 Å². The van der Waals surface area contributed by atoms with E-state index in [1.165, 1.54) is 0 Å². The molecule has 4 nitrogen and oxygen atoms in total. The fourth-order valence-corrected chi connectivity index (χ4v) is 1.50. The van der Waals surface area contributed by atoms with E-state index in [2.05, 4.69) is 6.58 Å². The molecule has 0 heterocycles. The molecule has 0 radical (unpaired) electrons. The largest absolute Gasteiger partial charge is 0.460 e. The van der Waals surface area contributed by atoms with Crippen molar-refractivity contribution in [1.29, 1.82) is 5.26 Å². The van der Waals surface area contributed by atoms with Crippen LogP contribution in [0.3, 0.4) is 0 Å². The summed E-state index contributed by atoms with van der Waals surface area (Å²) in [6.07, 6.45) is 3.29. The second-order valence-corrected chi connectivity index (χ2v) is 3.85. The Morgan fingerprint density at radius 2 is 2.26 bits per heavy atom. The molecule has 4 heteroatoms. The van der Waals surface area contributed by atoms with Gasteiger partial charge in [-0.15, -0.1) is 0 Å². The summed E-state index contributed by atoms with van der Waals surface area (Å²) in [5.74, 6) is -0.494. The standard InChI is InChI=1S/C15H15NO3/c1-3-13-5-4-12(10-16)9-14(13)8-11(2)15(18)19-7-6-17/h3-5,8-9,17H,1,6-7H2,2H3/b11-8+. The van der Waals surface area contributed by atoms with Crippen LogP contribution in [0.1, 0.15) is 23.6 Å². The van der Waals surface area contributed by atoms with Crippen molar-refractivity contribution in [2.24, 2.45) is 0 Å². The van der Waals surface area contributed by atoms with Crippen molar-refractivity contribution in [1.82, 2.24) is 0 Å². The van der Waals surface area contributed by atoms with Crippen molar-refractivity contribution in [2.75, 3.05) is 13.2 Å². The summed E-state index contributed by atoms with van der Waals surface area (Å²) in [6.45, 7) is 5.07. The van der Waals surface area contributed by atoms with E-state index in [1.807, 2.05) is 6.07 Å².